The van der Waals surface area contributed by atoms with Gasteiger partial charge in [-0.05, 0) is 72.7 Å². The monoisotopic (exact) mass is 492 g/mol. The number of hydrogen-bond acceptors (Lipinski definition) is 4. The van der Waals surface area contributed by atoms with Crippen molar-refractivity contribution >= 4 is 22.8 Å². The van der Waals surface area contributed by atoms with Crippen LogP contribution in [0.4, 0.5) is 19.0 Å². The van der Waals surface area contributed by atoms with Crippen molar-refractivity contribution in [3.8, 4) is 11.5 Å². The van der Waals surface area contributed by atoms with Crippen LogP contribution in [-0.4, -0.2) is 20.9 Å². The average Bonchev–Trinajstić information content (AvgIpc) is 3.26. The topological polar surface area (TPSA) is 79.9 Å². The number of aromatic nitrogens is 3. The number of aromatic amines is 1. The minimum Gasteiger partial charge on any atom is -0.457 e. The molecule has 0 saturated carbocycles. The average molecular weight is 493 g/mol. The van der Waals surface area contributed by atoms with Crippen LogP contribution in [0.2, 0.25) is 0 Å². The number of halogens is 3. The third-order valence-electron chi connectivity index (χ3n) is 7.13. The van der Waals surface area contributed by atoms with Crippen LogP contribution in [0.3, 0.4) is 0 Å². The first-order valence-corrected chi connectivity index (χ1v) is 11.9. The number of ether oxygens (including phenoxy) is 1. The van der Waals surface area contributed by atoms with Crippen molar-refractivity contribution in [1.82, 2.24) is 15.0 Å². The smallest absolute Gasteiger partial charge is 0.416 e. The van der Waals surface area contributed by atoms with Gasteiger partial charge in [-0.25, -0.2) is 9.97 Å². The van der Waals surface area contributed by atoms with E-state index >= 15 is 0 Å². The zero-order chi connectivity index (χ0) is 25.0. The summed E-state index contributed by atoms with van der Waals surface area (Å²) in [5, 5.41) is 2.78. The van der Waals surface area contributed by atoms with E-state index in [0.717, 1.165) is 29.7 Å². The number of pyridine rings is 1. The van der Waals surface area contributed by atoms with Crippen LogP contribution >= 0.6 is 0 Å². The van der Waals surface area contributed by atoms with Gasteiger partial charge in [0, 0.05) is 24.1 Å². The second-order valence-electron chi connectivity index (χ2n) is 9.56. The summed E-state index contributed by atoms with van der Waals surface area (Å²) in [6.45, 7) is 2.14. The van der Waals surface area contributed by atoms with Crippen LogP contribution in [0, 0.1) is 5.92 Å². The normalized spacial score (nSPS) is 19.5. The maximum Gasteiger partial charge on any atom is 0.416 e. The molecule has 1 aliphatic carbocycles. The number of amides is 1. The van der Waals surface area contributed by atoms with Gasteiger partial charge in [0.2, 0.25) is 5.91 Å². The van der Waals surface area contributed by atoms with Gasteiger partial charge in [-0.3, -0.25) is 4.79 Å². The Morgan fingerprint density at radius 1 is 1.03 bits per heavy atom. The van der Waals surface area contributed by atoms with Crippen LogP contribution in [0.25, 0.3) is 11.0 Å². The maximum atomic E-state index is 13.1. The predicted octanol–water partition coefficient (Wildman–Crippen LogP) is 6.17. The van der Waals surface area contributed by atoms with Gasteiger partial charge in [-0.15, -0.1) is 0 Å². The molecule has 0 saturated heterocycles. The molecule has 184 valence electrons. The van der Waals surface area contributed by atoms with E-state index in [1.54, 1.807) is 12.3 Å². The van der Waals surface area contributed by atoms with Gasteiger partial charge >= 0.3 is 6.18 Å². The Bertz CT molecular complexity index is 1490. The van der Waals surface area contributed by atoms with Gasteiger partial charge in [0.15, 0.2) is 0 Å². The molecular weight excluding hydrogens is 469 g/mol. The number of alkyl halides is 3. The highest BCUT2D eigenvalue weighted by atomic mass is 19.4. The van der Waals surface area contributed by atoms with E-state index in [9.17, 15) is 18.0 Å². The molecule has 6 nitrogen and oxygen atoms in total. The van der Waals surface area contributed by atoms with E-state index in [0.29, 0.717) is 53.4 Å². The fourth-order valence-corrected chi connectivity index (χ4v) is 5.21. The lowest BCUT2D eigenvalue weighted by Crippen LogP contribution is -2.22. The molecule has 1 aliphatic heterocycles. The molecule has 0 spiro atoms. The minimum absolute atomic E-state index is 0.0402. The molecule has 4 aromatic rings. The molecule has 2 aliphatic rings. The lowest BCUT2D eigenvalue weighted by Gasteiger charge is -2.30. The second kappa shape index (κ2) is 8.36. The Morgan fingerprint density at radius 2 is 1.89 bits per heavy atom. The number of imidazole rings is 1. The summed E-state index contributed by atoms with van der Waals surface area (Å²) in [6, 6.07) is 11.4. The number of carbonyl (C=O) groups excluding carboxylic acids is 1. The molecule has 0 bridgehead atoms. The van der Waals surface area contributed by atoms with Gasteiger partial charge in [0.05, 0.1) is 16.6 Å². The number of rotatable bonds is 3. The van der Waals surface area contributed by atoms with Crippen molar-refractivity contribution in [2.75, 3.05) is 5.32 Å². The number of carbonyl (C=O) groups is 1. The molecule has 2 unspecified atom stereocenters. The Kier molecular flexibility index (Phi) is 5.24. The summed E-state index contributed by atoms with van der Waals surface area (Å²) in [6.07, 6.45) is -0.294. The molecule has 9 heteroatoms. The summed E-state index contributed by atoms with van der Waals surface area (Å²) in [5.74, 6) is 2.84. The van der Waals surface area contributed by atoms with Gasteiger partial charge in [0.25, 0.3) is 0 Å². The number of H-pyrrole nitrogens is 1. The van der Waals surface area contributed by atoms with Crippen molar-refractivity contribution in [1.29, 1.82) is 0 Å². The number of nitrogens with zero attached hydrogens (tertiary/aromatic N) is 2. The fourth-order valence-electron chi connectivity index (χ4n) is 5.21. The molecule has 0 radical (unpaired) electrons. The molecule has 2 aromatic carbocycles. The van der Waals surface area contributed by atoms with Crippen molar-refractivity contribution in [2.24, 2.45) is 5.92 Å². The number of benzene rings is 2. The summed E-state index contributed by atoms with van der Waals surface area (Å²) in [5.41, 5.74) is 3.47. The van der Waals surface area contributed by atoms with Crippen LogP contribution in [0.15, 0.2) is 48.7 Å². The van der Waals surface area contributed by atoms with Crippen molar-refractivity contribution in [3.05, 3.63) is 76.7 Å². The Balaban J connectivity index is 1.28. The van der Waals surface area contributed by atoms with Gasteiger partial charge in [-0.1, -0.05) is 13.0 Å². The second-order valence-corrected chi connectivity index (χ2v) is 9.56. The van der Waals surface area contributed by atoms with E-state index in [4.69, 9.17) is 4.74 Å². The SMILES string of the molecule is CC1Cc2ccc(Oc3ccnc4c3CCC(=O)N4)cc2CC1c1nc2ccc(C(F)(F)F)cc2[nH]1. The summed E-state index contributed by atoms with van der Waals surface area (Å²) in [7, 11) is 0. The molecule has 1 amide bonds. The van der Waals surface area contributed by atoms with Gasteiger partial charge in [-0.2, -0.15) is 13.2 Å². The third kappa shape index (κ3) is 4.08. The summed E-state index contributed by atoms with van der Waals surface area (Å²) < 4.78 is 45.6. The molecule has 2 N–H and O–H groups in total. The fraction of sp³-hybridized carbons (Fsp3) is 0.296. The van der Waals surface area contributed by atoms with E-state index in [1.807, 2.05) is 12.1 Å². The Morgan fingerprint density at radius 3 is 2.72 bits per heavy atom. The molecule has 36 heavy (non-hydrogen) atoms. The van der Waals surface area contributed by atoms with Crippen LogP contribution in [0.5, 0.6) is 11.5 Å². The highest BCUT2D eigenvalue weighted by Gasteiger charge is 2.32. The van der Waals surface area contributed by atoms with Crippen LogP contribution in [0.1, 0.15) is 47.3 Å². The first-order chi connectivity index (χ1) is 17.2. The standard InChI is InChI=1S/C27H23F3N4O2/c1-14-10-15-2-4-18(36-23-8-9-31-25-19(23)5-7-24(35)34-25)11-16(15)12-20(14)26-32-21-6-3-17(27(28,29)30)13-22(21)33-26/h2-4,6,8-9,11,13-14,20H,5,7,10,12H2,1H3,(H,32,33)(H,31,34,35). The van der Waals surface area contributed by atoms with Crippen LogP contribution < -0.4 is 10.1 Å². The molecule has 6 rings (SSSR count). The highest BCUT2D eigenvalue weighted by molar-refractivity contribution is 5.93. The van der Waals surface area contributed by atoms with Crippen LogP contribution in [-0.2, 0) is 30.2 Å². The van der Waals surface area contributed by atoms with Crippen molar-refractivity contribution in [3.63, 3.8) is 0 Å². The number of hydrogen-bond donors (Lipinski definition) is 2. The van der Waals surface area contributed by atoms with E-state index in [1.165, 1.54) is 11.6 Å². The third-order valence-corrected chi connectivity index (χ3v) is 7.13. The number of nitrogens with one attached hydrogen (secondary N) is 2. The van der Waals surface area contributed by atoms with E-state index in [2.05, 4.69) is 33.3 Å². The van der Waals surface area contributed by atoms with E-state index in [-0.39, 0.29) is 17.7 Å². The Labute approximate surface area is 204 Å². The molecule has 2 aromatic heterocycles. The lowest BCUT2D eigenvalue weighted by molar-refractivity contribution is -0.137. The number of anilines is 1. The number of fused-ring (bicyclic) bond motifs is 3. The van der Waals surface area contributed by atoms with Crippen molar-refractivity contribution < 1.29 is 22.7 Å². The predicted molar refractivity (Wildman–Crippen MR) is 128 cm³/mol. The highest BCUT2D eigenvalue weighted by Crippen LogP contribution is 2.40. The quantitative estimate of drug-likeness (QED) is 0.358. The molecular formula is C27H23F3N4O2. The molecule has 0 fully saturated rings. The van der Waals surface area contributed by atoms with E-state index < -0.39 is 11.7 Å². The minimum atomic E-state index is -4.40. The van der Waals surface area contributed by atoms with Crippen molar-refractivity contribution in [2.45, 2.75) is 44.7 Å². The Hall–Kier alpha value is -3.88. The lowest BCUT2D eigenvalue weighted by atomic mass is 9.76. The largest absolute Gasteiger partial charge is 0.457 e. The molecule has 3 heterocycles. The summed E-state index contributed by atoms with van der Waals surface area (Å²) >= 11 is 0. The zero-order valence-electron chi connectivity index (χ0n) is 19.4. The first kappa shape index (κ1) is 22.6. The maximum absolute atomic E-state index is 13.1. The van der Waals surface area contributed by atoms with Gasteiger partial charge in [0.1, 0.15) is 23.1 Å². The molecule has 2 atom stereocenters. The zero-order valence-corrected chi connectivity index (χ0v) is 19.4. The first-order valence-electron chi connectivity index (χ1n) is 11.9. The van der Waals surface area contributed by atoms with Gasteiger partial charge < -0.3 is 15.0 Å². The summed E-state index contributed by atoms with van der Waals surface area (Å²) in [4.78, 5) is 23.7.